The van der Waals surface area contributed by atoms with E-state index in [0.29, 0.717) is 12.0 Å². The molecule has 5 nitrogen and oxygen atoms in total. The van der Waals surface area contributed by atoms with Crippen LogP contribution in [0, 0.1) is 0 Å². The lowest BCUT2D eigenvalue weighted by Gasteiger charge is -2.27. The van der Waals surface area contributed by atoms with Gasteiger partial charge in [-0.2, -0.15) is 0 Å². The molecule has 86 valence electrons. The van der Waals surface area contributed by atoms with Crippen molar-refractivity contribution in [2.24, 2.45) is 0 Å². The number of rotatable bonds is 3. The third-order valence-electron chi connectivity index (χ3n) is 2.78. The van der Waals surface area contributed by atoms with E-state index in [1.54, 1.807) is 12.4 Å². The average Bonchev–Trinajstić information content (AvgIpc) is 2.36. The van der Waals surface area contributed by atoms with Crippen molar-refractivity contribution in [1.82, 2.24) is 20.3 Å². The third-order valence-corrected chi connectivity index (χ3v) is 2.78. The van der Waals surface area contributed by atoms with Gasteiger partial charge in [-0.3, -0.25) is 4.98 Å². The molecular formula is C12H13N5. The van der Waals surface area contributed by atoms with Crippen molar-refractivity contribution < 1.29 is 0 Å². The number of pyridine rings is 1. The van der Waals surface area contributed by atoms with E-state index in [9.17, 15) is 0 Å². The second-order valence-electron chi connectivity index (χ2n) is 4.03. The predicted octanol–water partition coefficient (Wildman–Crippen LogP) is 0.922. The van der Waals surface area contributed by atoms with Crippen LogP contribution in [0.5, 0.6) is 0 Å². The van der Waals surface area contributed by atoms with Gasteiger partial charge in [-0.25, -0.2) is 9.97 Å². The molecule has 0 atom stereocenters. The molecule has 0 spiro atoms. The molecule has 2 aromatic rings. The molecule has 0 aliphatic carbocycles. The van der Waals surface area contributed by atoms with E-state index in [-0.39, 0.29) is 0 Å². The molecule has 0 saturated carbocycles. The molecule has 2 aromatic heterocycles. The van der Waals surface area contributed by atoms with Gasteiger partial charge in [-0.15, -0.1) is 0 Å². The van der Waals surface area contributed by atoms with Gasteiger partial charge in [0.05, 0.1) is 6.04 Å². The van der Waals surface area contributed by atoms with Gasteiger partial charge in [0.1, 0.15) is 0 Å². The molecule has 3 rings (SSSR count). The van der Waals surface area contributed by atoms with Crippen molar-refractivity contribution in [3.63, 3.8) is 0 Å². The monoisotopic (exact) mass is 227 g/mol. The van der Waals surface area contributed by atoms with E-state index in [1.165, 1.54) is 0 Å². The minimum atomic E-state index is 0.460. The van der Waals surface area contributed by atoms with Crippen LogP contribution in [0.4, 0.5) is 5.95 Å². The maximum Gasteiger partial charge on any atom is 0.222 e. The second-order valence-corrected chi connectivity index (χ2v) is 4.03. The summed E-state index contributed by atoms with van der Waals surface area (Å²) in [6, 6.07) is 4.35. The van der Waals surface area contributed by atoms with Crippen LogP contribution in [0.1, 0.15) is 0 Å². The SMILES string of the molecule is c1cc(-c2cnc(NC3CNC3)nc2)ccn1. The van der Waals surface area contributed by atoms with Crippen LogP contribution in [0.15, 0.2) is 36.9 Å². The molecule has 0 radical (unpaired) electrons. The zero-order chi connectivity index (χ0) is 11.5. The summed E-state index contributed by atoms with van der Waals surface area (Å²) in [5.41, 5.74) is 2.08. The average molecular weight is 227 g/mol. The highest BCUT2D eigenvalue weighted by Gasteiger charge is 2.16. The molecule has 0 unspecified atom stereocenters. The van der Waals surface area contributed by atoms with E-state index in [4.69, 9.17) is 0 Å². The van der Waals surface area contributed by atoms with E-state index in [1.807, 2.05) is 24.5 Å². The summed E-state index contributed by atoms with van der Waals surface area (Å²) >= 11 is 0. The lowest BCUT2D eigenvalue weighted by atomic mass is 10.1. The number of aromatic nitrogens is 3. The summed E-state index contributed by atoms with van der Waals surface area (Å²) in [5.74, 6) is 0.689. The molecule has 1 saturated heterocycles. The van der Waals surface area contributed by atoms with E-state index < -0.39 is 0 Å². The third kappa shape index (κ3) is 2.24. The Labute approximate surface area is 99.3 Å². The second kappa shape index (κ2) is 4.47. The highest BCUT2D eigenvalue weighted by Crippen LogP contribution is 2.16. The Morgan fingerprint density at radius 2 is 1.76 bits per heavy atom. The molecule has 1 fully saturated rings. The summed E-state index contributed by atoms with van der Waals surface area (Å²) in [5, 5.41) is 6.45. The van der Waals surface area contributed by atoms with Crippen LogP contribution >= 0.6 is 0 Å². The molecule has 0 aromatic carbocycles. The van der Waals surface area contributed by atoms with Gasteiger partial charge in [0.15, 0.2) is 0 Å². The fraction of sp³-hybridized carbons (Fsp3) is 0.250. The molecule has 1 aliphatic heterocycles. The van der Waals surface area contributed by atoms with Gasteiger partial charge in [0, 0.05) is 43.4 Å². The van der Waals surface area contributed by atoms with Crippen LogP contribution in [0.2, 0.25) is 0 Å². The predicted molar refractivity (Wildman–Crippen MR) is 65.5 cm³/mol. The molecule has 3 heterocycles. The highest BCUT2D eigenvalue weighted by molar-refractivity contribution is 5.61. The Balaban J connectivity index is 1.75. The first-order valence-electron chi connectivity index (χ1n) is 5.61. The van der Waals surface area contributed by atoms with Crippen molar-refractivity contribution in [3.05, 3.63) is 36.9 Å². The van der Waals surface area contributed by atoms with Crippen LogP contribution in [0.25, 0.3) is 11.1 Å². The van der Waals surface area contributed by atoms with Gasteiger partial charge >= 0.3 is 0 Å². The number of hydrogen-bond acceptors (Lipinski definition) is 5. The van der Waals surface area contributed by atoms with Crippen molar-refractivity contribution in [2.45, 2.75) is 6.04 Å². The molecule has 0 amide bonds. The Morgan fingerprint density at radius 3 is 2.35 bits per heavy atom. The number of nitrogens with zero attached hydrogens (tertiary/aromatic N) is 3. The Hall–Kier alpha value is -2.01. The van der Waals surface area contributed by atoms with Gasteiger partial charge in [-0.1, -0.05) is 0 Å². The van der Waals surface area contributed by atoms with E-state index >= 15 is 0 Å². The first kappa shape index (κ1) is 10.2. The lowest BCUT2D eigenvalue weighted by molar-refractivity contribution is 0.470. The number of hydrogen-bond donors (Lipinski definition) is 2. The summed E-state index contributed by atoms with van der Waals surface area (Å²) < 4.78 is 0. The largest absolute Gasteiger partial charge is 0.349 e. The quantitative estimate of drug-likeness (QED) is 0.816. The molecular weight excluding hydrogens is 214 g/mol. The molecule has 5 heteroatoms. The summed E-state index contributed by atoms with van der Waals surface area (Å²) in [6.07, 6.45) is 7.19. The normalized spacial score (nSPS) is 15.3. The summed E-state index contributed by atoms with van der Waals surface area (Å²) in [7, 11) is 0. The summed E-state index contributed by atoms with van der Waals surface area (Å²) in [4.78, 5) is 12.6. The molecule has 0 bridgehead atoms. The Kier molecular flexibility index (Phi) is 2.67. The Morgan fingerprint density at radius 1 is 1.06 bits per heavy atom. The zero-order valence-corrected chi connectivity index (χ0v) is 9.30. The fourth-order valence-corrected chi connectivity index (χ4v) is 1.67. The molecule has 1 aliphatic rings. The first-order valence-corrected chi connectivity index (χ1v) is 5.61. The smallest absolute Gasteiger partial charge is 0.222 e. The van der Waals surface area contributed by atoms with Crippen LogP contribution < -0.4 is 10.6 Å². The lowest BCUT2D eigenvalue weighted by Crippen LogP contribution is -2.51. The fourth-order valence-electron chi connectivity index (χ4n) is 1.67. The van der Waals surface area contributed by atoms with Gasteiger partial charge in [0.25, 0.3) is 0 Å². The molecule has 2 N–H and O–H groups in total. The topological polar surface area (TPSA) is 62.7 Å². The van der Waals surface area contributed by atoms with Crippen molar-refractivity contribution in [1.29, 1.82) is 0 Å². The zero-order valence-electron chi connectivity index (χ0n) is 9.30. The summed E-state index contributed by atoms with van der Waals surface area (Å²) in [6.45, 7) is 1.96. The van der Waals surface area contributed by atoms with Crippen molar-refractivity contribution in [3.8, 4) is 11.1 Å². The van der Waals surface area contributed by atoms with E-state index in [0.717, 1.165) is 24.2 Å². The minimum absolute atomic E-state index is 0.460. The van der Waals surface area contributed by atoms with Crippen molar-refractivity contribution in [2.75, 3.05) is 18.4 Å². The minimum Gasteiger partial charge on any atom is -0.349 e. The number of anilines is 1. The maximum absolute atomic E-state index is 4.31. The van der Waals surface area contributed by atoms with Crippen LogP contribution in [-0.4, -0.2) is 34.1 Å². The Bertz CT molecular complexity index is 478. The van der Waals surface area contributed by atoms with Crippen LogP contribution in [-0.2, 0) is 0 Å². The highest BCUT2D eigenvalue weighted by atomic mass is 15.2. The van der Waals surface area contributed by atoms with Gasteiger partial charge < -0.3 is 10.6 Å². The number of nitrogens with one attached hydrogen (secondary N) is 2. The van der Waals surface area contributed by atoms with Crippen LogP contribution in [0.3, 0.4) is 0 Å². The molecule has 17 heavy (non-hydrogen) atoms. The maximum atomic E-state index is 4.31. The van der Waals surface area contributed by atoms with E-state index in [2.05, 4.69) is 25.6 Å². The standard InChI is InChI=1S/C12H13N5/c1-3-13-4-2-9(1)10-5-15-12(16-6-10)17-11-7-14-8-11/h1-6,11,14H,7-8H2,(H,15,16,17). The van der Waals surface area contributed by atoms with Crippen molar-refractivity contribution >= 4 is 5.95 Å². The van der Waals surface area contributed by atoms with Gasteiger partial charge in [-0.05, 0) is 17.7 Å². The first-order chi connectivity index (χ1) is 8.42. The van der Waals surface area contributed by atoms with Gasteiger partial charge in [0.2, 0.25) is 5.95 Å².